The third kappa shape index (κ3) is 7.31. The van der Waals surface area contributed by atoms with Gasteiger partial charge in [0.2, 0.25) is 11.8 Å². The number of terminal acetylenes is 1. The Morgan fingerprint density at radius 1 is 1.17 bits per heavy atom. The number of anilines is 1. The Bertz CT molecular complexity index is 938. The maximum absolute atomic E-state index is 12.0. The SMILES string of the molecule is C#CCOc1ccc(C=NNC(=O)CC(=O)Nc2ccccc2Br)cc1OCC. The van der Waals surface area contributed by atoms with Gasteiger partial charge in [0.15, 0.2) is 11.5 Å². The summed E-state index contributed by atoms with van der Waals surface area (Å²) in [6.07, 6.45) is 6.28. The molecule has 2 N–H and O–H groups in total. The number of ether oxygens (including phenoxy) is 2. The van der Waals surface area contributed by atoms with E-state index in [9.17, 15) is 9.59 Å². The predicted molar refractivity (Wildman–Crippen MR) is 115 cm³/mol. The first kappa shape index (κ1) is 22.0. The summed E-state index contributed by atoms with van der Waals surface area (Å²) in [6.45, 7) is 2.44. The molecule has 0 heterocycles. The first-order valence-electron chi connectivity index (χ1n) is 8.73. The van der Waals surface area contributed by atoms with Crippen molar-refractivity contribution in [2.45, 2.75) is 13.3 Å². The Kier molecular flexibility index (Phi) is 8.73. The molecule has 0 aromatic heterocycles. The van der Waals surface area contributed by atoms with E-state index in [-0.39, 0.29) is 13.0 Å². The lowest BCUT2D eigenvalue weighted by atomic mass is 10.2. The van der Waals surface area contributed by atoms with E-state index in [1.54, 1.807) is 36.4 Å². The van der Waals surface area contributed by atoms with Crippen molar-refractivity contribution in [3.63, 3.8) is 0 Å². The fourth-order valence-electron chi connectivity index (χ4n) is 2.23. The van der Waals surface area contributed by atoms with Crippen LogP contribution >= 0.6 is 15.9 Å². The van der Waals surface area contributed by atoms with Gasteiger partial charge in [-0.2, -0.15) is 5.10 Å². The minimum Gasteiger partial charge on any atom is -0.490 e. The van der Waals surface area contributed by atoms with Gasteiger partial charge in [-0.1, -0.05) is 18.1 Å². The van der Waals surface area contributed by atoms with Crippen molar-refractivity contribution < 1.29 is 19.1 Å². The van der Waals surface area contributed by atoms with Crippen LogP contribution in [0.3, 0.4) is 0 Å². The number of halogens is 1. The van der Waals surface area contributed by atoms with E-state index < -0.39 is 11.8 Å². The molecule has 2 aromatic carbocycles. The summed E-state index contributed by atoms with van der Waals surface area (Å²) < 4.78 is 11.7. The van der Waals surface area contributed by atoms with Gasteiger partial charge < -0.3 is 14.8 Å². The van der Waals surface area contributed by atoms with Gasteiger partial charge in [0.1, 0.15) is 13.0 Å². The molecular weight excluding hydrogens is 438 g/mol. The number of hydrogen-bond acceptors (Lipinski definition) is 5. The molecule has 0 aliphatic carbocycles. The molecule has 0 fully saturated rings. The van der Waals surface area contributed by atoms with Gasteiger partial charge in [0.05, 0.1) is 18.5 Å². The second-order valence-electron chi connectivity index (χ2n) is 5.63. The van der Waals surface area contributed by atoms with Gasteiger partial charge in [-0.05, 0) is 58.7 Å². The number of nitrogens with one attached hydrogen (secondary N) is 2. The van der Waals surface area contributed by atoms with Crippen LogP contribution in [0.15, 0.2) is 52.0 Å². The smallest absolute Gasteiger partial charge is 0.249 e. The van der Waals surface area contributed by atoms with Gasteiger partial charge in [-0.25, -0.2) is 5.43 Å². The summed E-state index contributed by atoms with van der Waals surface area (Å²) in [7, 11) is 0. The maximum atomic E-state index is 12.0. The Balaban J connectivity index is 1.90. The van der Waals surface area contributed by atoms with Gasteiger partial charge in [0.25, 0.3) is 0 Å². The number of benzene rings is 2. The number of carbonyl (C=O) groups excluding carboxylic acids is 2. The van der Waals surface area contributed by atoms with Gasteiger partial charge in [-0.3, -0.25) is 9.59 Å². The average molecular weight is 458 g/mol. The molecule has 0 bridgehead atoms. The van der Waals surface area contributed by atoms with Crippen LogP contribution in [0.2, 0.25) is 0 Å². The highest BCUT2D eigenvalue weighted by Crippen LogP contribution is 2.28. The molecule has 2 amide bonds. The molecule has 150 valence electrons. The largest absolute Gasteiger partial charge is 0.490 e. The quantitative estimate of drug-likeness (QED) is 0.261. The van der Waals surface area contributed by atoms with E-state index in [1.165, 1.54) is 6.21 Å². The zero-order chi connectivity index (χ0) is 21.1. The fourth-order valence-corrected chi connectivity index (χ4v) is 2.62. The lowest BCUT2D eigenvalue weighted by molar-refractivity contribution is -0.126. The highest BCUT2D eigenvalue weighted by Gasteiger charge is 2.10. The van der Waals surface area contributed by atoms with Crippen molar-refractivity contribution in [3.05, 3.63) is 52.5 Å². The molecule has 2 aromatic rings. The number of rotatable bonds is 9. The van der Waals surface area contributed by atoms with E-state index in [1.807, 2.05) is 13.0 Å². The second kappa shape index (κ2) is 11.5. The minimum atomic E-state index is -0.537. The summed E-state index contributed by atoms with van der Waals surface area (Å²) >= 11 is 3.33. The Hall–Kier alpha value is -3.31. The predicted octanol–water partition coefficient (Wildman–Crippen LogP) is 3.34. The molecule has 0 spiro atoms. The van der Waals surface area contributed by atoms with E-state index >= 15 is 0 Å². The number of hydrogen-bond donors (Lipinski definition) is 2. The summed E-state index contributed by atoms with van der Waals surface area (Å²) in [5.74, 6) is 2.45. The third-order valence-electron chi connectivity index (χ3n) is 3.45. The molecule has 29 heavy (non-hydrogen) atoms. The Morgan fingerprint density at radius 3 is 2.69 bits per heavy atom. The van der Waals surface area contributed by atoms with Crippen LogP contribution in [-0.2, 0) is 9.59 Å². The molecule has 2 rings (SSSR count). The molecule has 8 heteroatoms. The van der Waals surface area contributed by atoms with Gasteiger partial charge in [-0.15, -0.1) is 6.42 Å². The van der Waals surface area contributed by atoms with Crippen LogP contribution in [0.5, 0.6) is 11.5 Å². The first-order valence-corrected chi connectivity index (χ1v) is 9.52. The van der Waals surface area contributed by atoms with E-state index in [4.69, 9.17) is 15.9 Å². The lowest BCUT2D eigenvalue weighted by Gasteiger charge is -2.10. The molecule has 0 aliphatic heterocycles. The Morgan fingerprint density at radius 2 is 1.97 bits per heavy atom. The third-order valence-corrected chi connectivity index (χ3v) is 4.14. The van der Waals surface area contributed by atoms with Crippen molar-refractivity contribution in [2.75, 3.05) is 18.5 Å². The topological polar surface area (TPSA) is 89.0 Å². The van der Waals surface area contributed by atoms with Crippen LogP contribution in [0.1, 0.15) is 18.9 Å². The summed E-state index contributed by atoms with van der Waals surface area (Å²) in [4.78, 5) is 23.9. The van der Waals surface area contributed by atoms with Crippen molar-refractivity contribution in [2.24, 2.45) is 5.10 Å². The lowest BCUT2D eigenvalue weighted by Crippen LogP contribution is -2.24. The van der Waals surface area contributed by atoms with Crippen LogP contribution in [0.4, 0.5) is 5.69 Å². The molecule has 7 nitrogen and oxygen atoms in total. The molecule has 0 saturated carbocycles. The first-order chi connectivity index (χ1) is 14.0. The highest BCUT2D eigenvalue weighted by molar-refractivity contribution is 9.10. The van der Waals surface area contributed by atoms with Crippen LogP contribution in [-0.4, -0.2) is 31.2 Å². The van der Waals surface area contributed by atoms with Crippen LogP contribution in [0, 0.1) is 12.3 Å². The average Bonchev–Trinajstić information content (AvgIpc) is 2.69. The monoisotopic (exact) mass is 457 g/mol. The van der Waals surface area contributed by atoms with Crippen LogP contribution in [0.25, 0.3) is 0 Å². The Labute approximate surface area is 177 Å². The number of nitrogens with zero attached hydrogens (tertiary/aromatic N) is 1. The molecule has 0 radical (unpaired) electrons. The highest BCUT2D eigenvalue weighted by atomic mass is 79.9. The van der Waals surface area contributed by atoms with E-state index in [2.05, 4.69) is 37.7 Å². The summed E-state index contributed by atoms with van der Waals surface area (Å²) in [6, 6.07) is 12.3. The number of para-hydroxylation sites is 1. The minimum absolute atomic E-state index is 0.130. The summed E-state index contributed by atoms with van der Waals surface area (Å²) in [5.41, 5.74) is 3.59. The van der Waals surface area contributed by atoms with Gasteiger partial charge in [0, 0.05) is 4.47 Å². The molecule has 0 unspecified atom stereocenters. The second-order valence-corrected chi connectivity index (χ2v) is 6.48. The fraction of sp³-hybridized carbons (Fsp3) is 0.190. The van der Waals surface area contributed by atoms with Crippen LogP contribution < -0.4 is 20.2 Å². The van der Waals surface area contributed by atoms with Crippen molar-refractivity contribution in [1.29, 1.82) is 0 Å². The summed E-state index contributed by atoms with van der Waals surface area (Å²) in [5, 5.41) is 6.52. The van der Waals surface area contributed by atoms with E-state index in [0.717, 1.165) is 4.47 Å². The maximum Gasteiger partial charge on any atom is 0.249 e. The molecule has 0 atom stereocenters. The van der Waals surface area contributed by atoms with Crippen molar-refractivity contribution in [3.8, 4) is 23.8 Å². The number of carbonyl (C=O) groups is 2. The van der Waals surface area contributed by atoms with Crippen molar-refractivity contribution in [1.82, 2.24) is 5.43 Å². The number of amides is 2. The zero-order valence-electron chi connectivity index (χ0n) is 15.8. The van der Waals surface area contributed by atoms with Crippen molar-refractivity contribution >= 4 is 39.6 Å². The van der Waals surface area contributed by atoms with Gasteiger partial charge >= 0.3 is 0 Å². The molecule has 0 aliphatic rings. The molecule has 0 saturated heterocycles. The number of hydrazone groups is 1. The molecular formula is C21H20BrN3O4. The standard InChI is InChI=1S/C21H20BrN3O4/c1-3-11-29-18-10-9-15(12-19(18)28-4-2)14-23-25-21(27)13-20(26)24-17-8-6-5-7-16(17)22/h1,5-10,12,14H,4,11,13H2,2H3,(H,24,26)(H,25,27). The van der Waals surface area contributed by atoms with E-state index in [0.29, 0.717) is 29.4 Å². The normalized spacial score (nSPS) is 10.2. The zero-order valence-corrected chi connectivity index (χ0v) is 17.4.